The van der Waals surface area contributed by atoms with Gasteiger partial charge in [0.05, 0.1) is 5.41 Å². The van der Waals surface area contributed by atoms with Gasteiger partial charge >= 0.3 is 5.97 Å². The summed E-state index contributed by atoms with van der Waals surface area (Å²) in [7, 11) is 0. The molecule has 2 rings (SSSR count). The van der Waals surface area contributed by atoms with Crippen LogP contribution in [0.3, 0.4) is 0 Å². The molecule has 1 amide bonds. The molecule has 0 radical (unpaired) electrons. The van der Waals surface area contributed by atoms with Crippen LogP contribution in [0.4, 0.5) is 0 Å². The normalized spacial score (nSPS) is 22.9. The van der Waals surface area contributed by atoms with Crippen molar-refractivity contribution in [1.82, 2.24) is 4.90 Å². The topological polar surface area (TPSA) is 66.8 Å². The zero-order valence-corrected chi connectivity index (χ0v) is 13.6. The van der Waals surface area contributed by atoms with Crippen molar-refractivity contribution in [2.75, 3.05) is 13.1 Å². The molecule has 1 aromatic carbocycles. The molecule has 0 unspecified atom stereocenters. The number of carboxylic acids is 1. The van der Waals surface area contributed by atoms with Gasteiger partial charge in [-0.3, -0.25) is 9.59 Å². The first-order chi connectivity index (χ1) is 9.82. The summed E-state index contributed by atoms with van der Waals surface area (Å²) in [6.45, 7) is 4.03. The molecule has 1 heterocycles. The summed E-state index contributed by atoms with van der Waals surface area (Å²) in [5.74, 6) is -0.441. The first-order valence-corrected chi connectivity index (χ1v) is 7.55. The number of ether oxygens (including phenoxy) is 1. The smallest absolute Gasteiger partial charge is 0.311 e. The standard InChI is InChI=1S/C15H18BrNO4/c1-10(21-12-5-3-4-11(16)8-12)13(18)17-7-6-15(2,9-17)14(19)20/h3-5,8,10H,6-7,9H2,1-2H3,(H,19,20)/t10-,15+/m1/s1. The summed E-state index contributed by atoms with van der Waals surface area (Å²) in [4.78, 5) is 25.1. The molecule has 1 N–H and O–H groups in total. The van der Waals surface area contributed by atoms with Gasteiger partial charge in [-0.1, -0.05) is 22.0 Å². The highest BCUT2D eigenvalue weighted by molar-refractivity contribution is 9.10. The Kier molecular flexibility index (Phi) is 4.56. The van der Waals surface area contributed by atoms with E-state index in [0.717, 1.165) is 4.47 Å². The van der Waals surface area contributed by atoms with Gasteiger partial charge in [-0.25, -0.2) is 0 Å². The lowest BCUT2D eigenvalue weighted by Crippen LogP contribution is -2.41. The second-order valence-corrected chi connectivity index (χ2v) is 6.51. The summed E-state index contributed by atoms with van der Waals surface area (Å²) in [6, 6.07) is 7.26. The third kappa shape index (κ3) is 3.56. The monoisotopic (exact) mass is 355 g/mol. The van der Waals surface area contributed by atoms with Gasteiger partial charge in [-0.05, 0) is 38.5 Å². The van der Waals surface area contributed by atoms with Gasteiger partial charge in [0, 0.05) is 17.6 Å². The Bertz CT molecular complexity index is 562. The van der Waals surface area contributed by atoms with E-state index in [4.69, 9.17) is 4.74 Å². The van der Waals surface area contributed by atoms with Crippen LogP contribution in [0.25, 0.3) is 0 Å². The zero-order valence-electron chi connectivity index (χ0n) is 12.0. The van der Waals surface area contributed by atoms with Crippen molar-refractivity contribution in [3.8, 4) is 5.75 Å². The minimum absolute atomic E-state index is 0.181. The first kappa shape index (κ1) is 15.8. The van der Waals surface area contributed by atoms with Crippen molar-refractivity contribution in [3.63, 3.8) is 0 Å². The van der Waals surface area contributed by atoms with E-state index in [9.17, 15) is 14.7 Å². The number of carbonyl (C=O) groups excluding carboxylic acids is 1. The lowest BCUT2D eigenvalue weighted by molar-refractivity contribution is -0.147. The zero-order chi connectivity index (χ0) is 15.6. The Hall–Kier alpha value is -1.56. The number of benzene rings is 1. The number of rotatable bonds is 4. The van der Waals surface area contributed by atoms with Crippen LogP contribution in [0.2, 0.25) is 0 Å². The Balaban J connectivity index is 1.99. The van der Waals surface area contributed by atoms with E-state index in [2.05, 4.69) is 15.9 Å². The maximum atomic E-state index is 12.3. The first-order valence-electron chi connectivity index (χ1n) is 6.76. The number of halogens is 1. The second-order valence-electron chi connectivity index (χ2n) is 5.59. The van der Waals surface area contributed by atoms with E-state index >= 15 is 0 Å². The van der Waals surface area contributed by atoms with E-state index < -0.39 is 17.5 Å². The predicted octanol–water partition coefficient (Wildman–Crippen LogP) is 2.54. The molecule has 2 atom stereocenters. The maximum absolute atomic E-state index is 12.3. The SMILES string of the molecule is C[C@@H](Oc1cccc(Br)c1)C(=O)N1CC[C@](C)(C(=O)O)C1. The van der Waals surface area contributed by atoms with Crippen LogP contribution in [0.5, 0.6) is 5.75 Å². The largest absolute Gasteiger partial charge is 0.481 e. The van der Waals surface area contributed by atoms with Crippen LogP contribution in [0.15, 0.2) is 28.7 Å². The summed E-state index contributed by atoms with van der Waals surface area (Å²) in [5.41, 5.74) is -0.856. The van der Waals surface area contributed by atoms with E-state index in [1.165, 1.54) is 0 Å². The highest BCUT2D eigenvalue weighted by atomic mass is 79.9. The van der Waals surface area contributed by atoms with Crippen LogP contribution in [0, 0.1) is 5.41 Å². The quantitative estimate of drug-likeness (QED) is 0.900. The van der Waals surface area contributed by atoms with Crippen LogP contribution in [0.1, 0.15) is 20.3 Å². The molecular weight excluding hydrogens is 338 g/mol. The van der Waals surface area contributed by atoms with Crippen molar-refractivity contribution in [2.45, 2.75) is 26.4 Å². The average molecular weight is 356 g/mol. The van der Waals surface area contributed by atoms with Crippen molar-refractivity contribution in [2.24, 2.45) is 5.41 Å². The summed E-state index contributed by atoms with van der Waals surface area (Å²) >= 11 is 3.35. The van der Waals surface area contributed by atoms with Gasteiger partial charge in [-0.15, -0.1) is 0 Å². The maximum Gasteiger partial charge on any atom is 0.311 e. The molecule has 1 fully saturated rings. The molecule has 1 saturated heterocycles. The van der Waals surface area contributed by atoms with Crippen LogP contribution in [-0.2, 0) is 9.59 Å². The fourth-order valence-electron chi connectivity index (χ4n) is 2.38. The van der Waals surface area contributed by atoms with Gasteiger partial charge in [0.2, 0.25) is 0 Å². The Morgan fingerprint density at radius 3 is 2.76 bits per heavy atom. The molecule has 1 aromatic rings. The van der Waals surface area contributed by atoms with Gasteiger partial charge < -0.3 is 14.7 Å². The van der Waals surface area contributed by atoms with Crippen molar-refractivity contribution < 1.29 is 19.4 Å². The number of nitrogens with zero attached hydrogens (tertiary/aromatic N) is 1. The summed E-state index contributed by atoms with van der Waals surface area (Å²) in [5, 5.41) is 9.20. The Morgan fingerprint density at radius 1 is 1.48 bits per heavy atom. The molecular formula is C15H18BrNO4. The third-order valence-electron chi connectivity index (χ3n) is 3.76. The summed E-state index contributed by atoms with van der Waals surface area (Å²) < 4.78 is 6.50. The number of hydrogen-bond donors (Lipinski definition) is 1. The molecule has 5 nitrogen and oxygen atoms in total. The average Bonchev–Trinajstić information content (AvgIpc) is 2.82. The Morgan fingerprint density at radius 2 is 2.19 bits per heavy atom. The molecule has 1 aliphatic heterocycles. The number of likely N-dealkylation sites (tertiary alicyclic amines) is 1. The fourth-order valence-corrected chi connectivity index (χ4v) is 2.75. The molecule has 0 aromatic heterocycles. The number of hydrogen-bond acceptors (Lipinski definition) is 3. The minimum Gasteiger partial charge on any atom is -0.481 e. The fraction of sp³-hybridized carbons (Fsp3) is 0.467. The molecule has 114 valence electrons. The predicted molar refractivity (Wildman–Crippen MR) is 81.2 cm³/mol. The van der Waals surface area contributed by atoms with Crippen LogP contribution < -0.4 is 4.74 Å². The molecule has 21 heavy (non-hydrogen) atoms. The van der Waals surface area contributed by atoms with Gasteiger partial charge in [-0.2, -0.15) is 0 Å². The molecule has 0 aliphatic carbocycles. The third-order valence-corrected chi connectivity index (χ3v) is 4.25. The highest BCUT2D eigenvalue weighted by Crippen LogP contribution is 2.30. The molecule has 6 heteroatoms. The van der Waals surface area contributed by atoms with E-state index in [-0.39, 0.29) is 12.5 Å². The van der Waals surface area contributed by atoms with E-state index in [0.29, 0.717) is 18.7 Å². The summed E-state index contributed by atoms with van der Waals surface area (Å²) in [6.07, 6.45) is -0.173. The second kappa shape index (κ2) is 6.05. The Labute approximate surface area is 132 Å². The van der Waals surface area contributed by atoms with Gasteiger partial charge in [0.25, 0.3) is 5.91 Å². The van der Waals surface area contributed by atoms with Gasteiger partial charge in [0.1, 0.15) is 5.75 Å². The molecule has 0 bridgehead atoms. The van der Waals surface area contributed by atoms with E-state index in [1.807, 2.05) is 12.1 Å². The lowest BCUT2D eigenvalue weighted by Gasteiger charge is -2.23. The van der Waals surface area contributed by atoms with Crippen LogP contribution in [-0.4, -0.2) is 41.1 Å². The van der Waals surface area contributed by atoms with Gasteiger partial charge in [0.15, 0.2) is 6.10 Å². The number of amides is 1. The van der Waals surface area contributed by atoms with Crippen LogP contribution >= 0.6 is 15.9 Å². The number of carboxylic acid groups (broad SMARTS) is 1. The number of aliphatic carboxylic acids is 1. The molecule has 0 spiro atoms. The molecule has 1 aliphatic rings. The van der Waals surface area contributed by atoms with Crippen molar-refractivity contribution in [3.05, 3.63) is 28.7 Å². The van der Waals surface area contributed by atoms with E-state index in [1.54, 1.807) is 30.9 Å². The minimum atomic E-state index is -0.863. The molecule has 0 saturated carbocycles. The lowest BCUT2D eigenvalue weighted by atomic mass is 9.90. The number of carbonyl (C=O) groups is 2. The highest BCUT2D eigenvalue weighted by Gasteiger charge is 2.43. The van der Waals surface area contributed by atoms with Crippen molar-refractivity contribution >= 4 is 27.8 Å². The van der Waals surface area contributed by atoms with Crippen molar-refractivity contribution in [1.29, 1.82) is 0 Å².